The minimum Gasteiger partial charge on any atom is -0.237 e. The van der Waals surface area contributed by atoms with E-state index < -0.39 is 0 Å². The molecule has 0 radical (unpaired) electrons. The lowest BCUT2D eigenvalue weighted by Crippen LogP contribution is -2.00. The highest BCUT2D eigenvalue weighted by Gasteiger charge is 2.15. The van der Waals surface area contributed by atoms with Crippen molar-refractivity contribution < 1.29 is 0 Å². The van der Waals surface area contributed by atoms with Crippen LogP contribution in [0.1, 0.15) is 11.3 Å². The summed E-state index contributed by atoms with van der Waals surface area (Å²) in [5.41, 5.74) is 4.05. The molecule has 3 heterocycles. The van der Waals surface area contributed by atoms with Crippen molar-refractivity contribution >= 4 is 21.9 Å². The van der Waals surface area contributed by atoms with Gasteiger partial charge in [-0.15, -0.1) is 0 Å². The van der Waals surface area contributed by atoms with Crippen LogP contribution in [0.5, 0.6) is 0 Å². The molecule has 0 spiro atoms. The molecule has 0 saturated heterocycles. The second-order valence-corrected chi connectivity index (χ2v) is 5.14. The maximum atomic E-state index is 4.80. The van der Waals surface area contributed by atoms with Crippen LogP contribution in [0.15, 0.2) is 48.7 Å². The van der Waals surface area contributed by atoms with Gasteiger partial charge in [0.15, 0.2) is 11.5 Å². The third-order valence-electron chi connectivity index (χ3n) is 3.81. The fraction of sp³-hybridized carbons (Fsp3) is 0.118. The molecular weight excluding hydrogens is 260 g/mol. The highest BCUT2D eigenvalue weighted by atomic mass is 15.3. The monoisotopic (exact) mass is 274 g/mol. The molecule has 0 bridgehead atoms. The normalized spacial score (nSPS) is 11.3. The van der Waals surface area contributed by atoms with Crippen LogP contribution >= 0.6 is 0 Å². The van der Waals surface area contributed by atoms with Crippen molar-refractivity contribution in [1.29, 1.82) is 0 Å². The summed E-state index contributed by atoms with van der Waals surface area (Å²) in [4.78, 5) is 9.18. The molecule has 0 aliphatic carbocycles. The third kappa shape index (κ3) is 1.72. The summed E-state index contributed by atoms with van der Waals surface area (Å²) >= 11 is 0. The number of nitrogens with zero attached hydrogens (tertiary/aromatic N) is 4. The zero-order valence-corrected chi connectivity index (χ0v) is 11.9. The van der Waals surface area contributed by atoms with Gasteiger partial charge in [0.1, 0.15) is 0 Å². The number of hydrogen-bond acceptors (Lipinski definition) is 3. The minimum absolute atomic E-state index is 0.790. The zero-order valence-electron chi connectivity index (χ0n) is 11.9. The van der Waals surface area contributed by atoms with Gasteiger partial charge in [-0.3, -0.25) is 0 Å². The lowest BCUT2D eigenvalue weighted by Gasteiger charge is -2.05. The van der Waals surface area contributed by atoms with Gasteiger partial charge in [0, 0.05) is 17.0 Å². The molecule has 4 nitrogen and oxygen atoms in total. The molecule has 4 heteroatoms. The first-order valence-electron chi connectivity index (χ1n) is 6.92. The van der Waals surface area contributed by atoms with Crippen LogP contribution in [0.3, 0.4) is 0 Å². The molecule has 0 fully saturated rings. The van der Waals surface area contributed by atoms with Crippen LogP contribution in [0, 0.1) is 13.8 Å². The maximum Gasteiger partial charge on any atom is 0.165 e. The van der Waals surface area contributed by atoms with Crippen LogP contribution in [-0.4, -0.2) is 19.7 Å². The van der Waals surface area contributed by atoms with E-state index in [-0.39, 0.29) is 0 Å². The average Bonchev–Trinajstić information content (AvgIpc) is 2.86. The summed E-state index contributed by atoms with van der Waals surface area (Å²) in [6, 6.07) is 14.0. The molecule has 21 heavy (non-hydrogen) atoms. The molecule has 0 N–H and O–H groups in total. The van der Waals surface area contributed by atoms with Crippen molar-refractivity contribution in [3.63, 3.8) is 0 Å². The van der Waals surface area contributed by atoms with Gasteiger partial charge in [-0.25, -0.2) is 9.97 Å². The molecule has 3 aromatic heterocycles. The van der Waals surface area contributed by atoms with Crippen LogP contribution in [-0.2, 0) is 0 Å². The summed E-state index contributed by atoms with van der Waals surface area (Å²) in [5.74, 6) is 0.790. The molecule has 1 aromatic carbocycles. The fourth-order valence-corrected chi connectivity index (χ4v) is 2.83. The predicted molar refractivity (Wildman–Crippen MR) is 83.6 cm³/mol. The Bertz CT molecular complexity index is 955. The van der Waals surface area contributed by atoms with Crippen molar-refractivity contribution in [2.45, 2.75) is 13.8 Å². The molecule has 4 aromatic rings. The Morgan fingerprint density at radius 2 is 1.76 bits per heavy atom. The van der Waals surface area contributed by atoms with E-state index in [4.69, 9.17) is 4.98 Å². The summed E-state index contributed by atoms with van der Waals surface area (Å²) in [5, 5.41) is 6.92. The molecule has 0 unspecified atom stereocenters. The summed E-state index contributed by atoms with van der Waals surface area (Å²) in [6.45, 7) is 4.15. The van der Waals surface area contributed by atoms with Crippen LogP contribution in [0.4, 0.5) is 0 Å². The highest BCUT2D eigenvalue weighted by molar-refractivity contribution is 5.97. The van der Waals surface area contributed by atoms with E-state index in [1.807, 2.05) is 48.0 Å². The van der Waals surface area contributed by atoms with Crippen LogP contribution < -0.4 is 0 Å². The van der Waals surface area contributed by atoms with Crippen molar-refractivity contribution in [2.75, 3.05) is 0 Å². The molecule has 0 saturated carbocycles. The number of rotatable bonds is 1. The summed E-state index contributed by atoms with van der Waals surface area (Å²) in [6.07, 6.45) is 1.77. The maximum absolute atomic E-state index is 4.80. The number of para-hydroxylation sites is 1. The Morgan fingerprint density at radius 1 is 0.952 bits per heavy atom. The molecule has 0 amide bonds. The summed E-state index contributed by atoms with van der Waals surface area (Å²) < 4.78 is 1.82. The Hall–Kier alpha value is -2.75. The van der Waals surface area contributed by atoms with Gasteiger partial charge in [0.25, 0.3) is 0 Å². The lowest BCUT2D eigenvalue weighted by molar-refractivity contribution is 0.849. The van der Waals surface area contributed by atoms with E-state index in [9.17, 15) is 0 Å². The SMILES string of the molecule is Cc1nn(-c2ccccn2)c2nc3ccccc3c(C)c12. The number of aromatic nitrogens is 4. The van der Waals surface area contributed by atoms with E-state index in [0.717, 1.165) is 28.1 Å². The van der Waals surface area contributed by atoms with E-state index >= 15 is 0 Å². The van der Waals surface area contributed by atoms with Crippen LogP contribution in [0.2, 0.25) is 0 Å². The Kier molecular flexibility index (Phi) is 2.51. The lowest BCUT2D eigenvalue weighted by atomic mass is 10.1. The first-order valence-corrected chi connectivity index (χ1v) is 6.92. The van der Waals surface area contributed by atoms with E-state index in [1.54, 1.807) is 6.20 Å². The number of pyridine rings is 2. The minimum atomic E-state index is 0.790. The van der Waals surface area contributed by atoms with Crippen molar-refractivity contribution in [2.24, 2.45) is 0 Å². The Morgan fingerprint density at radius 3 is 2.57 bits per heavy atom. The Labute approximate surface area is 122 Å². The first kappa shape index (κ1) is 12.0. The average molecular weight is 274 g/mol. The molecule has 102 valence electrons. The quantitative estimate of drug-likeness (QED) is 0.533. The van der Waals surface area contributed by atoms with Gasteiger partial charge in [-0.1, -0.05) is 24.3 Å². The fourth-order valence-electron chi connectivity index (χ4n) is 2.83. The highest BCUT2D eigenvalue weighted by Crippen LogP contribution is 2.28. The second kappa shape index (κ2) is 4.38. The van der Waals surface area contributed by atoms with Gasteiger partial charge in [-0.2, -0.15) is 9.78 Å². The topological polar surface area (TPSA) is 43.6 Å². The molecule has 4 rings (SSSR count). The van der Waals surface area contributed by atoms with Crippen molar-refractivity contribution in [3.05, 3.63) is 59.9 Å². The third-order valence-corrected chi connectivity index (χ3v) is 3.81. The van der Waals surface area contributed by atoms with Gasteiger partial charge in [-0.05, 0) is 37.6 Å². The summed E-state index contributed by atoms with van der Waals surface area (Å²) in [7, 11) is 0. The molecule has 0 atom stereocenters. The van der Waals surface area contributed by atoms with Gasteiger partial charge in [0.05, 0.1) is 11.2 Å². The molecule has 0 aliphatic rings. The number of fused-ring (bicyclic) bond motifs is 2. The molecular formula is C17H14N4. The largest absolute Gasteiger partial charge is 0.237 e. The second-order valence-electron chi connectivity index (χ2n) is 5.14. The van der Waals surface area contributed by atoms with E-state index in [1.165, 1.54) is 10.9 Å². The standard InChI is InChI=1S/C17H14N4/c1-11-13-7-3-4-8-14(13)19-17-16(11)12(2)20-21(17)15-9-5-6-10-18-15/h3-10H,1-2H3. The van der Waals surface area contributed by atoms with Gasteiger partial charge in [0.2, 0.25) is 0 Å². The van der Waals surface area contributed by atoms with E-state index in [2.05, 4.69) is 23.1 Å². The van der Waals surface area contributed by atoms with Crippen LogP contribution in [0.25, 0.3) is 27.8 Å². The smallest absolute Gasteiger partial charge is 0.165 e. The first-order chi connectivity index (χ1) is 10.3. The van der Waals surface area contributed by atoms with Gasteiger partial charge < -0.3 is 0 Å². The van der Waals surface area contributed by atoms with E-state index in [0.29, 0.717) is 0 Å². The van der Waals surface area contributed by atoms with Gasteiger partial charge >= 0.3 is 0 Å². The van der Waals surface area contributed by atoms with Crippen molar-refractivity contribution in [1.82, 2.24) is 19.7 Å². The number of hydrogen-bond donors (Lipinski definition) is 0. The zero-order chi connectivity index (χ0) is 14.4. The number of aryl methyl sites for hydroxylation is 2. The predicted octanol–water partition coefficient (Wildman–Crippen LogP) is 3.59. The molecule has 0 aliphatic heterocycles. The number of benzene rings is 1. The van der Waals surface area contributed by atoms with Crippen molar-refractivity contribution in [3.8, 4) is 5.82 Å². The Balaban J connectivity index is 2.16.